The fourth-order valence-corrected chi connectivity index (χ4v) is 1.04. The Morgan fingerprint density at radius 3 is 2.83 bits per heavy atom. The number of hydrogen-bond acceptors (Lipinski definition) is 2. The monoisotopic (exact) mass is 161 g/mol. The lowest BCUT2D eigenvalue weighted by Crippen LogP contribution is -1.71. The molecule has 2 heterocycles. The fourth-order valence-electron chi connectivity index (χ4n) is 1.04. The quantitative estimate of drug-likeness (QED) is 0.685. The molecule has 0 aliphatic rings. The average Bonchev–Trinajstić information content (AvgIpc) is 2.75. The van der Waals surface area contributed by atoms with Gasteiger partial charge in [0.25, 0.3) is 0 Å². The van der Waals surface area contributed by atoms with Gasteiger partial charge in [0.15, 0.2) is 17.8 Å². The molecule has 12 heavy (non-hydrogen) atoms. The molecule has 0 spiro atoms. The molecular weight excluding hydrogens is 154 g/mol. The summed E-state index contributed by atoms with van der Waals surface area (Å²) >= 11 is 0. The molecule has 3 heteroatoms. The van der Waals surface area contributed by atoms with Gasteiger partial charge in [0.05, 0.1) is 5.69 Å². The maximum atomic E-state index is 10.3. The highest BCUT2D eigenvalue weighted by Crippen LogP contribution is 2.18. The number of aldehydes is 1. The Labute approximate surface area is 69.0 Å². The standard InChI is InChI=1S/C9H7NO2/c11-6-7-3-4-9(12-7)8-2-1-5-10-8/h1-6,10H. The van der Waals surface area contributed by atoms with Crippen LogP contribution < -0.4 is 0 Å². The van der Waals surface area contributed by atoms with E-state index in [2.05, 4.69) is 4.98 Å². The summed E-state index contributed by atoms with van der Waals surface area (Å²) in [5.74, 6) is 1.03. The van der Waals surface area contributed by atoms with Crippen molar-refractivity contribution in [2.75, 3.05) is 0 Å². The maximum Gasteiger partial charge on any atom is 0.185 e. The van der Waals surface area contributed by atoms with Gasteiger partial charge in [-0.3, -0.25) is 4.79 Å². The molecule has 2 aromatic heterocycles. The molecule has 0 fully saturated rings. The van der Waals surface area contributed by atoms with Crippen LogP contribution in [0.4, 0.5) is 0 Å². The van der Waals surface area contributed by atoms with E-state index >= 15 is 0 Å². The summed E-state index contributed by atoms with van der Waals surface area (Å²) in [5.41, 5.74) is 0.878. The van der Waals surface area contributed by atoms with Crippen LogP contribution in [0.25, 0.3) is 11.5 Å². The van der Waals surface area contributed by atoms with Gasteiger partial charge in [-0.05, 0) is 24.3 Å². The highest BCUT2D eigenvalue weighted by molar-refractivity contribution is 5.72. The van der Waals surface area contributed by atoms with Gasteiger partial charge in [0.2, 0.25) is 0 Å². The number of aromatic amines is 1. The lowest BCUT2D eigenvalue weighted by Gasteiger charge is -1.88. The predicted octanol–water partition coefficient (Wildman–Crippen LogP) is 2.09. The molecule has 60 valence electrons. The van der Waals surface area contributed by atoms with Gasteiger partial charge >= 0.3 is 0 Å². The van der Waals surface area contributed by atoms with E-state index in [1.54, 1.807) is 18.3 Å². The van der Waals surface area contributed by atoms with Crippen LogP contribution in [0.5, 0.6) is 0 Å². The zero-order valence-electron chi connectivity index (χ0n) is 6.28. The Kier molecular flexibility index (Phi) is 1.55. The molecule has 0 aliphatic heterocycles. The smallest absolute Gasteiger partial charge is 0.185 e. The first-order valence-electron chi connectivity index (χ1n) is 3.59. The van der Waals surface area contributed by atoms with Crippen molar-refractivity contribution >= 4 is 6.29 Å². The van der Waals surface area contributed by atoms with Crippen molar-refractivity contribution in [2.45, 2.75) is 0 Å². The van der Waals surface area contributed by atoms with E-state index in [0.29, 0.717) is 17.8 Å². The van der Waals surface area contributed by atoms with Crippen LogP contribution in [0, 0.1) is 0 Å². The molecule has 0 radical (unpaired) electrons. The molecule has 0 atom stereocenters. The largest absolute Gasteiger partial charge is 0.452 e. The summed E-state index contributed by atoms with van der Waals surface area (Å²) in [5, 5.41) is 0. The van der Waals surface area contributed by atoms with Gasteiger partial charge in [-0.2, -0.15) is 0 Å². The van der Waals surface area contributed by atoms with Crippen LogP contribution in [-0.4, -0.2) is 11.3 Å². The van der Waals surface area contributed by atoms with E-state index in [1.165, 1.54) is 0 Å². The first kappa shape index (κ1) is 6.91. The molecule has 0 saturated carbocycles. The summed E-state index contributed by atoms with van der Waals surface area (Å²) < 4.78 is 5.18. The van der Waals surface area contributed by atoms with Gasteiger partial charge < -0.3 is 9.40 Å². The van der Waals surface area contributed by atoms with Gasteiger partial charge in [-0.15, -0.1) is 0 Å². The molecule has 2 aromatic rings. The van der Waals surface area contributed by atoms with Crippen molar-refractivity contribution in [3.8, 4) is 11.5 Å². The summed E-state index contributed by atoms with van der Waals surface area (Å²) in [6.07, 6.45) is 2.49. The van der Waals surface area contributed by atoms with Crippen molar-refractivity contribution in [1.82, 2.24) is 4.98 Å². The van der Waals surface area contributed by atoms with Crippen molar-refractivity contribution in [3.63, 3.8) is 0 Å². The second-order valence-electron chi connectivity index (χ2n) is 2.40. The van der Waals surface area contributed by atoms with Crippen molar-refractivity contribution in [3.05, 3.63) is 36.2 Å². The minimum absolute atomic E-state index is 0.347. The normalized spacial score (nSPS) is 10.0. The Hall–Kier alpha value is -1.77. The maximum absolute atomic E-state index is 10.3. The average molecular weight is 161 g/mol. The third kappa shape index (κ3) is 1.05. The molecule has 2 rings (SSSR count). The Morgan fingerprint density at radius 1 is 1.33 bits per heavy atom. The second kappa shape index (κ2) is 2.70. The third-order valence-corrected chi connectivity index (χ3v) is 1.61. The number of carbonyl (C=O) groups excluding carboxylic acids is 1. The topological polar surface area (TPSA) is 46.0 Å². The van der Waals surface area contributed by atoms with E-state index in [9.17, 15) is 4.79 Å². The van der Waals surface area contributed by atoms with Crippen LogP contribution in [0.2, 0.25) is 0 Å². The van der Waals surface area contributed by atoms with Crippen molar-refractivity contribution in [1.29, 1.82) is 0 Å². The SMILES string of the molecule is O=Cc1ccc(-c2ccc[nH]2)o1. The number of nitrogens with one attached hydrogen (secondary N) is 1. The Balaban J connectivity index is 2.41. The van der Waals surface area contributed by atoms with E-state index in [1.807, 2.05) is 12.1 Å². The molecule has 0 aliphatic carbocycles. The van der Waals surface area contributed by atoms with Gasteiger partial charge in [0, 0.05) is 6.20 Å². The summed E-state index contributed by atoms with van der Waals surface area (Å²) in [6.45, 7) is 0. The van der Waals surface area contributed by atoms with Gasteiger partial charge in [0.1, 0.15) is 0 Å². The van der Waals surface area contributed by atoms with Crippen molar-refractivity contribution in [2.24, 2.45) is 0 Å². The van der Waals surface area contributed by atoms with Gasteiger partial charge in [-0.25, -0.2) is 0 Å². The highest BCUT2D eigenvalue weighted by Gasteiger charge is 2.02. The first-order chi connectivity index (χ1) is 5.90. The number of hydrogen-bond donors (Lipinski definition) is 1. The Bertz CT molecular complexity index is 373. The van der Waals surface area contributed by atoms with Crippen LogP contribution in [0.1, 0.15) is 10.6 Å². The second-order valence-corrected chi connectivity index (χ2v) is 2.40. The van der Waals surface area contributed by atoms with Gasteiger partial charge in [-0.1, -0.05) is 0 Å². The predicted molar refractivity (Wildman–Crippen MR) is 43.9 cm³/mol. The van der Waals surface area contributed by atoms with E-state index < -0.39 is 0 Å². The highest BCUT2D eigenvalue weighted by atomic mass is 16.3. The molecule has 3 nitrogen and oxygen atoms in total. The van der Waals surface area contributed by atoms with Crippen LogP contribution in [0.3, 0.4) is 0 Å². The molecule has 0 saturated heterocycles. The number of furan rings is 1. The molecule has 1 N–H and O–H groups in total. The van der Waals surface area contributed by atoms with Crippen LogP contribution in [-0.2, 0) is 0 Å². The van der Waals surface area contributed by atoms with E-state index in [0.717, 1.165) is 5.69 Å². The van der Waals surface area contributed by atoms with Crippen molar-refractivity contribution < 1.29 is 9.21 Å². The molecule has 0 aromatic carbocycles. The minimum Gasteiger partial charge on any atom is -0.452 e. The third-order valence-electron chi connectivity index (χ3n) is 1.61. The van der Waals surface area contributed by atoms with Crippen LogP contribution in [0.15, 0.2) is 34.9 Å². The number of rotatable bonds is 2. The molecule has 0 unspecified atom stereocenters. The molecular formula is C9H7NO2. The number of H-pyrrole nitrogens is 1. The zero-order chi connectivity index (χ0) is 8.39. The summed E-state index contributed by atoms with van der Waals surface area (Å²) in [4.78, 5) is 13.3. The van der Waals surface area contributed by atoms with E-state index in [4.69, 9.17) is 4.42 Å². The molecule has 0 bridgehead atoms. The fraction of sp³-hybridized carbons (Fsp3) is 0. The number of aromatic nitrogens is 1. The van der Waals surface area contributed by atoms with Crippen LogP contribution >= 0.6 is 0 Å². The summed E-state index contributed by atoms with van der Waals surface area (Å²) in [7, 11) is 0. The minimum atomic E-state index is 0.347. The molecule has 0 amide bonds. The lowest BCUT2D eigenvalue weighted by atomic mass is 10.3. The summed E-state index contributed by atoms with van der Waals surface area (Å²) in [6, 6.07) is 7.16. The Morgan fingerprint density at radius 2 is 2.25 bits per heavy atom. The lowest BCUT2D eigenvalue weighted by molar-refractivity contribution is 0.110. The first-order valence-corrected chi connectivity index (χ1v) is 3.59. The van der Waals surface area contributed by atoms with E-state index in [-0.39, 0.29) is 0 Å². The number of carbonyl (C=O) groups is 1. The zero-order valence-corrected chi connectivity index (χ0v) is 6.28.